The van der Waals surface area contributed by atoms with Crippen LogP contribution < -0.4 is 10.6 Å². The van der Waals surface area contributed by atoms with Crippen molar-refractivity contribution >= 4 is 6.03 Å². The summed E-state index contributed by atoms with van der Waals surface area (Å²) >= 11 is 0. The largest absolute Gasteiger partial charge is 0.338 e. The van der Waals surface area contributed by atoms with Crippen LogP contribution in [-0.4, -0.2) is 37.1 Å². The highest BCUT2D eigenvalue weighted by Crippen LogP contribution is 2.15. The van der Waals surface area contributed by atoms with Gasteiger partial charge in [-0.15, -0.1) is 0 Å². The van der Waals surface area contributed by atoms with Crippen molar-refractivity contribution in [3.05, 3.63) is 35.1 Å². The van der Waals surface area contributed by atoms with E-state index in [0.29, 0.717) is 18.7 Å². The molecule has 5 heteroatoms. The standard InChI is InChI=1S/C18H28FN3O/c1-14-5-3-9-22(13-14)10-4-8-20-18(23)21-12-16-6-7-17(19)15(2)11-16/h6-7,11,14H,3-5,8-10,12-13H2,1-2H3,(H2,20,21,23)/t14-/m1/s1. The molecule has 1 aliphatic heterocycles. The summed E-state index contributed by atoms with van der Waals surface area (Å²) in [5.41, 5.74) is 1.50. The third-order valence-corrected chi connectivity index (χ3v) is 4.35. The number of carbonyl (C=O) groups excluding carboxylic acids is 1. The highest BCUT2D eigenvalue weighted by atomic mass is 19.1. The minimum atomic E-state index is -0.217. The Hall–Kier alpha value is -1.62. The highest BCUT2D eigenvalue weighted by Gasteiger charge is 2.15. The first kappa shape index (κ1) is 17.7. The van der Waals surface area contributed by atoms with E-state index >= 15 is 0 Å². The number of rotatable bonds is 6. The van der Waals surface area contributed by atoms with Crippen molar-refractivity contribution in [3.8, 4) is 0 Å². The molecule has 128 valence electrons. The van der Waals surface area contributed by atoms with Crippen molar-refractivity contribution < 1.29 is 9.18 Å². The minimum Gasteiger partial charge on any atom is -0.338 e. The molecule has 1 heterocycles. The molecule has 2 rings (SSSR count). The summed E-state index contributed by atoms with van der Waals surface area (Å²) in [4.78, 5) is 14.2. The first-order valence-corrected chi connectivity index (χ1v) is 8.53. The van der Waals surface area contributed by atoms with E-state index < -0.39 is 0 Å². The minimum absolute atomic E-state index is 0.168. The number of halogens is 1. The molecule has 23 heavy (non-hydrogen) atoms. The van der Waals surface area contributed by atoms with Gasteiger partial charge in [0.1, 0.15) is 5.82 Å². The first-order valence-electron chi connectivity index (χ1n) is 8.53. The van der Waals surface area contributed by atoms with E-state index in [1.807, 2.05) is 0 Å². The van der Waals surface area contributed by atoms with Crippen LogP contribution in [0.4, 0.5) is 9.18 Å². The van der Waals surface area contributed by atoms with Crippen LogP contribution >= 0.6 is 0 Å². The van der Waals surface area contributed by atoms with Gasteiger partial charge in [-0.2, -0.15) is 0 Å². The molecule has 1 atom stereocenters. The zero-order valence-corrected chi connectivity index (χ0v) is 14.2. The molecule has 2 amide bonds. The summed E-state index contributed by atoms with van der Waals surface area (Å²) in [6, 6.07) is 4.72. The molecular weight excluding hydrogens is 293 g/mol. The third kappa shape index (κ3) is 6.18. The van der Waals surface area contributed by atoms with E-state index in [0.717, 1.165) is 24.4 Å². The predicted octanol–water partition coefficient (Wildman–Crippen LogP) is 3.06. The maximum Gasteiger partial charge on any atom is 0.315 e. The van der Waals surface area contributed by atoms with Crippen LogP contribution in [0.2, 0.25) is 0 Å². The van der Waals surface area contributed by atoms with E-state index in [2.05, 4.69) is 22.5 Å². The predicted molar refractivity (Wildman–Crippen MR) is 90.8 cm³/mol. The summed E-state index contributed by atoms with van der Waals surface area (Å²) in [5, 5.41) is 5.68. The Morgan fingerprint density at radius 1 is 1.39 bits per heavy atom. The first-order chi connectivity index (χ1) is 11.0. The second-order valence-electron chi connectivity index (χ2n) is 6.59. The van der Waals surface area contributed by atoms with Crippen molar-refractivity contribution in [3.63, 3.8) is 0 Å². The van der Waals surface area contributed by atoms with Crippen molar-refractivity contribution in [2.75, 3.05) is 26.2 Å². The highest BCUT2D eigenvalue weighted by molar-refractivity contribution is 5.73. The molecule has 0 unspecified atom stereocenters. The molecule has 1 fully saturated rings. The van der Waals surface area contributed by atoms with Gasteiger partial charge in [0, 0.05) is 19.6 Å². The van der Waals surface area contributed by atoms with Gasteiger partial charge >= 0.3 is 6.03 Å². The van der Waals surface area contributed by atoms with Crippen LogP contribution in [-0.2, 0) is 6.54 Å². The average molecular weight is 321 g/mol. The lowest BCUT2D eigenvalue weighted by Gasteiger charge is -2.30. The molecule has 2 N–H and O–H groups in total. The Kier molecular flexibility index (Phi) is 6.84. The fourth-order valence-corrected chi connectivity index (χ4v) is 3.06. The van der Waals surface area contributed by atoms with E-state index in [1.54, 1.807) is 19.1 Å². The van der Waals surface area contributed by atoms with E-state index in [9.17, 15) is 9.18 Å². The van der Waals surface area contributed by atoms with Gasteiger partial charge in [-0.05, 0) is 62.4 Å². The number of benzene rings is 1. The smallest absolute Gasteiger partial charge is 0.315 e. The van der Waals surface area contributed by atoms with Crippen LogP contribution in [0.3, 0.4) is 0 Å². The Morgan fingerprint density at radius 3 is 2.96 bits per heavy atom. The van der Waals surface area contributed by atoms with Gasteiger partial charge < -0.3 is 15.5 Å². The number of aryl methyl sites for hydroxylation is 1. The number of urea groups is 1. The zero-order valence-electron chi connectivity index (χ0n) is 14.2. The molecule has 0 saturated carbocycles. The van der Waals surface area contributed by atoms with Crippen molar-refractivity contribution in [2.24, 2.45) is 5.92 Å². The molecule has 1 aromatic rings. The zero-order chi connectivity index (χ0) is 16.7. The summed E-state index contributed by atoms with van der Waals surface area (Å²) in [6.07, 6.45) is 3.59. The summed E-state index contributed by atoms with van der Waals surface area (Å²) in [6.45, 7) is 8.52. The van der Waals surface area contributed by atoms with Gasteiger partial charge in [0.2, 0.25) is 0 Å². The van der Waals surface area contributed by atoms with Gasteiger partial charge in [0.25, 0.3) is 0 Å². The second-order valence-corrected chi connectivity index (χ2v) is 6.59. The van der Waals surface area contributed by atoms with Crippen molar-refractivity contribution in [2.45, 2.75) is 39.7 Å². The number of hydrogen-bond acceptors (Lipinski definition) is 2. The molecule has 1 saturated heterocycles. The van der Waals surface area contributed by atoms with Crippen LogP contribution in [0.5, 0.6) is 0 Å². The summed E-state index contributed by atoms with van der Waals surface area (Å²) < 4.78 is 13.2. The number of nitrogens with one attached hydrogen (secondary N) is 2. The number of carbonyl (C=O) groups is 1. The molecular formula is C18H28FN3O. The SMILES string of the molecule is Cc1cc(CNC(=O)NCCCN2CCC[C@@H](C)C2)ccc1F. The number of likely N-dealkylation sites (tertiary alicyclic amines) is 1. The monoisotopic (exact) mass is 321 g/mol. The van der Waals surface area contributed by atoms with Gasteiger partial charge in [-0.3, -0.25) is 0 Å². The van der Waals surface area contributed by atoms with Gasteiger partial charge in [0.15, 0.2) is 0 Å². The summed E-state index contributed by atoms with van der Waals surface area (Å²) in [7, 11) is 0. The van der Waals surface area contributed by atoms with Gasteiger partial charge in [0.05, 0.1) is 0 Å². The number of nitrogens with zero attached hydrogens (tertiary/aromatic N) is 1. The van der Waals surface area contributed by atoms with Crippen LogP contribution in [0.1, 0.15) is 37.3 Å². The molecule has 0 radical (unpaired) electrons. The van der Waals surface area contributed by atoms with E-state index in [-0.39, 0.29) is 11.8 Å². The molecule has 1 aromatic carbocycles. The van der Waals surface area contributed by atoms with Gasteiger partial charge in [-0.25, -0.2) is 9.18 Å². The normalized spacial score (nSPS) is 18.7. The number of piperidine rings is 1. The average Bonchev–Trinajstić information content (AvgIpc) is 2.53. The van der Waals surface area contributed by atoms with E-state index in [4.69, 9.17) is 0 Å². The topological polar surface area (TPSA) is 44.4 Å². The van der Waals surface area contributed by atoms with Crippen LogP contribution in [0.15, 0.2) is 18.2 Å². The van der Waals surface area contributed by atoms with Crippen molar-refractivity contribution in [1.29, 1.82) is 0 Å². The summed E-state index contributed by atoms with van der Waals surface area (Å²) in [5.74, 6) is 0.574. The fourth-order valence-electron chi connectivity index (χ4n) is 3.06. The second kappa shape index (κ2) is 8.87. The molecule has 1 aliphatic rings. The van der Waals surface area contributed by atoms with Crippen molar-refractivity contribution in [1.82, 2.24) is 15.5 Å². The molecule has 0 aliphatic carbocycles. The lowest BCUT2D eigenvalue weighted by Crippen LogP contribution is -2.38. The lowest BCUT2D eigenvalue weighted by atomic mass is 10.0. The Balaban J connectivity index is 1.58. The third-order valence-electron chi connectivity index (χ3n) is 4.35. The molecule has 4 nitrogen and oxygen atoms in total. The number of amides is 2. The number of hydrogen-bond donors (Lipinski definition) is 2. The van der Waals surface area contributed by atoms with Crippen LogP contribution in [0.25, 0.3) is 0 Å². The van der Waals surface area contributed by atoms with Crippen LogP contribution in [0, 0.1) is 18.7 Å². The van der Waals surface area contributed by atoms with E-state index in [1.165, 1.54) is 32.0 Å². The quantitative estimate of drug-likeness (QED) is 0.791. The maximum atomic E-state index is 13.2. The van der Waals surface area contributed by atoms with Gasteiger partial charge in [-0.1, -0.05) is 19.1 Å². The Bertz CT molecular complexity index is 521. The maximum absolute atomic E-state index is 13.2. The lowest BCUT2D eigenvalue weighted by molar-refractivity contribution is 0.181. The molecule has 0 spiro atoms. The fraction of sp³-hybridized carbons (Fsp3) is 0.611. The Morgan fingerprint density at radius 2 is 2.22 bits per heavy atom. The Labute approximate surface area is 138 Å². The molecule has 0 bridgehead atoms. The molecule has 0 aromatic heterocycles.